The molecule has 138 valence electrons. The van der Waals surface area contributed by atoms with Crippen molar-refractivity contribution < 1.29 is 18.0 Å². The summed E-state index contributed by atoms with van der Waals surface area (Å²) in [5.74, 6) is -0.947. The maximum atomic E-state index is 12.4. The number of carbonyl (C=O) groups is 1. The Balaban J connectivity index is 1.53. The number of carbonyl (C=O) groups excluding carboxylic acids is 1. The van der Waals surface area contributed by atoms with Crippen molar-refractivity contribution in [1.29, 1.82) is 0 Å². The number of aromatic amines is 2. The summed E-state index contributed by atoms with van der Waals surface area (Å²) < 4.78 is 37.2. The lowest BCUT2D eigenvalue weighted by molar-refractivity contribution is -0.144. The topological polar surface area (TPSA) is 99.3 Å². The van der Waals surface area contributed by atoms with E-state index in [1.54, 1.807) is 0 Å². The second kappa shape index (κ2) is 6.77. The van der Waals surface area contributed by atoms with Crippen LogP contribution in [-0.2, 0) is 23.9 Å². The average molecular weight is 366 g/mol. The zero-order valence-corrected chi connectivity index (χ0v) is 14.2. The smallest absolute Gasteiger partial charge is 0.349 e. The number of benzene rings is 1. The molecule has 1 amide bonds. The van der Waals surface area contributed by atoms with E-state index in [0.29, 0.717) is 12.2 Å². The third-order valence-corrected chi connectivity index (χ3v) is 3.97. The summed E-state index contributed by atoms with van der Waals surface area (Å²) in [5.41, 5.74) is 4.03. The quantitative estimate of drug-likeness (QED) is 0.646. The number of imidazole rings is 1. The molecular formula is C16H17F3N6O. The molecule has 0 fully saturated rings. The van der Waals surface area contributed by atoms with Crippen LogP contribution in [-0.4, -0.2) is 31.1 Å². The second-order valence-corrected chi connectivity index (χ2v) is 6.02. The lowest BCUT2D eigenvalue weighted by Crippen LogP contribution is -2.23. The molecule has 3 rings (SSSR count). The third kappa shape index (κ3) is 4.01. The van der Waals surface area contributed by atoms with Gasteiger partial charge in [0.05, 0.1) is 17.6 Å². The standard InChI is InChI=1S/C16H17F3N6O/c1-8-5-10-11(6-9(8)2)22-12(21-10)3-4-14(26)20-7-13-23-15(25-24-13)16(17,18)19/h5-6H,3-4,7H2,1-2H3,(H,20,26)(H,21,22)(H,23,24,25). The molecule has 2 heterocycles. The van der Waals surface area contributed by atoms with Gasteiger partial charge < -0.3 is 10.3 Å². The largest absolute Gasteiger partial charge is 0.453 e. The molecule has 0 saturated carbocycles. The van der Waals surface area contributed by atoms with E-state index in [1.807, 2.05) is 26.0 Å². The molecule has 0 aliphatic rings. The van der Waals surface area contributed by atoms with Gasteiger partial charge in [-0.15, -0.1) is 5.10 Å². The SMILES string of the molecule is Cc1cc2nc(CCC(=O)NCc3nc(C(F)(F)F)n[nH]3)[nH]c2cc1C. The molecule has 3 aromatic rings. The van der Waals surface area contributed by atoms with Gasteiger partial charge in [-0.1, -0.05) is 0 Å². The van der Waals surface area contributed by atoms with Crippen LogP contribution in [0, 0.1) is 13.8 Å². The highest BCUT2D eigenvalue weighted by atomic mass is 19.4. The Bertz CT molecular complexity index is 904. The van der Waals surface area contributed by atoms with E-state index in [0.717, 1.165) is 22.2 Å². The van der Waals surface area contributed by atoms with Gasteiger partial charge in [-0.3, -0.25) is 9.89 Å². The van der Waals surface area contributed by atoms with E-state index < -0.39 is 12.0 Å². The predicted octanol–water partition coefficient (Wildman–Crippen LogP) is 2.57. The van der Waals surface area contributed by atoms with Crippen molar-refractivity contribution >= 4 is 16.9 Å². The van der Waals surface area contributed by atoms with Gasteiger partial charge in [-0.05, 0) is 37.1 Å². The maximum Gasteiger partial charge on any atom is 0.453 e. The van der Waals surface area contributed by atoms with E-state index in [4.69, 9.17) is 0 Å². The summed E-state index contributed by atoms with van der Waals surface area (Å²) in [4.78, 5) is 22.8. The highest BCUT2D eigenvalue weighted by Crippen LogP contribution is 2.25. The zero-order chi connectivity index (χ0) is 18.9. The summed E-state index contributed by atoms with van der Waals surface area (Å²) in [5, 5.41) is 7.73. The number of halogens is 3. The number of aryl methyl sites for hydroxylation is 3. The van der Waals surface area contributed by atoms with E-state index in [-0.39, 0.29) is 24.7 Å². The Morgan fingerprint density at radius 1 is 1.15 bits per heavy atom. The fraction of sp³-hybridized carbons (Fsp3) is 0.375. The van der Waals surface area contributed by atoms with Crippen LogP contribution in [0.25, 0.3) is 11.0 Å². The van der Waals surface area contributed by atoms with Gasteiger partial charge in [-0.2, -0.15) is 13.2 Å². The number of aromatic nitrogens is 5. The lowest BCUT2D eigenvalue weighted by atomic mass is 10.1. The van der Waals surface area contributed by atoms with E-state index in [9.17, 15) is 18.0 Å². The van der Waals surface area contributed by atoms with Crippen LogP contribution < -0.4 is 5.32 Å². The maximum absolute atomic E-state index is 12.4. The Kier molecular flexibility index (Phi) is 4.66. The first kappa shape index (κ1) is 17.9. The van der Waals surface area contributed by atoms with Crippen molar-refractivity contribution in [1.82, 2.24) is 30.5 Å². The molecule has 3 N–H and O–H groups in total. The van der Waals surface area contributed by atoms with Crippen molar-refractivity contribution in [3.63, 3.8) is 0 Å². The fourth-order valence-electron chi connectivity index (χ4n) is 2.44. The average Bonchev–Trinajstić information content (AvgIpc) is 3.18. The monoisotopic (exact) mass is 366 g/mol. The highest BCUT2D eigenvalue weighted by molar-refractivity contribution is 5.78. The molecule has 0 aliphatic heterocycles. The number of hydrogen-bond donors (Lipinski definition) is 3. The van der Waals surface area contributed by atoms with Gasteiger partial charge in [-0.25, -0.2) is 9.97 Å². The molecule has 1 aromatic carbocycles. The molecule has 0 bridgehead atoms. The number of hydrogen-bond acceptors (Lipinski definition) is 4. The molecule has 0 atom stereocenters. The minimum atomic E-state index is -4.61. The summed E-state index contributed by atoms with van der Waals surface area (Å²) in [6, 6.07) is 3.98. The first-order valence-corrected chi connectivity index (χ1v) is 7.93. The van der Waals surface area contributed by atoms with Crippen LogP contribution in [0.15, 0.2) is 12.1 Å². The number of nitrogens with zero attached hydrogens (tertiary/aromatic N) is 3. The normalized spacial score (nSPS) is 11.9. The van der Waals surface area contributed by atoms with Crippen molar-refractivity contribution in [3.05, 3.63) is 40.7 Å². The number of fused-ring (bicyclic) bond motifs is 1. The Morgan fingerprint density at radius 3 is 2.58 bits per heavy atom. The summed E-state index contributed by atoms with van der Waals surface area (Å²) in [6.07, 6.45) is -4.07. The molecule has 0 aliphatic carbocycles. The zero-order valence-electron chi connectivity index (χ0n) is 14.2. The van der Waals surface area contributed by atoms with E-state index >= 15 is 0 Å². The third-order valence-electron chi connectivity index (χ3n) is 3.97. The highest BCUT2D eigenvalue weighted by Gasteiger charge is 2.35. The number of alkyl halides is 3. The van der Waals surface area contributed by atoms with Crippen molar-refractivity contribution in [2.45, 2.75) is 39.4 Å². The molecule has 0 spiro atoms. The van der Waals surface area contributed by atoms with Crippen molar-refractivity contribution in [2.24, 2.45) is 0 Å². The number of amides is 1. The minimum Gasteiger partial charge on any atom is -0.349 e. The molecule has 7 nitrogen and oxygen atoms in total. The van der Waals surface area contributed by atoms with E-state index in [2.05, 4.69) is 30.5 Å². The Morgan fingerprint density at radius 2 is 1.88 bits per heavy atom. The summed E-state index contributed by atoms with van der Waals surface area (Å²) in [7, 11) is 0. The fourth-order valence-corrected chi connectivity index (χ4v) is 2.44. The van der Waals surface area contributed by atoms with E-state index in [1.165, 1.54) is 0 Å². The number of H-pyrrole nitrogens is 2. The predicted molar refractivity (Wildman–Crippen MR) is 87.1 cm³/mol. The van der Waals surface area contributed by atoms with Gasteiger partial charge in [0.25, 0.3) is 5.82 Å². The first-order valence-electron chi connectivity index (χ1n) is 7.93. The molecule has 0 unspecified atom stereocenters. The van der Waals surface area contributed by atoms with Crippen LogP contribution in [0.3, 0.4) is 0 Å². The Labute approximate surface area is 146 Å². The van der Waals surface area contributed by atoms with Crippen LogP contribution in [0.1, 0.15) is 35.0 Å². The number of rotatable bonds is 5. The van der Waals surface area contributed by atoms with Gasteiger partial charge in [0.2, 0.25) is 5.91 Å². The molecule has 0 saturated heterocycles. The van der Waals surface area contributed by atoms with Crippen LogP contribution in [0.5, 0.6) is 0 Å². The Hall–Kier alpha value is -2.91. The molecule has 10 heteroatoms. The first-order chi connectivity index (χ1) is 12.2. The van der Waals surface area contributed by atoms with Gasteiger partial charge in [0.15, 0.2) is 0 Å². The summed E-state index contributed by atoms with van der Waals surface area (Å²) >= 11 is 0. The molecule has 26 heavy (non-hydrogen) atoms. The van der Waals surface area contributed by atoms with Gasteiger partial charge in [0, 0.05) is 12.8 Å². The molecule has 0 radical (unpaired) electrons. The summed E-state index contributed by atoms with van der Waals surface area (Å²) in [6.45, 7) is 3.86. The minimum absolute atomic E-state index is 0.0552. The van der Waals surface area contributed by atoms with Crippen LogP contribution in [0.4, 0.5) is 13.2 Å². The van der Waals surface area contributed by atoms with Crippen molar-refractivity contribution in [3.8, 4) is 0 Å². The number of nitrogens with one attached hydrogen (secondary N) is 3. The van der Waals surface area contributed by atoms with Crippen LogP contribution in [0.2, 0.25) is 0 Å². The van der Waals surface area contributed by atoms with Crippen molar-refractivity contribution in [2.75, 3.05) is 0 Å². The van der Waals surface area contributed by atoms with Gasteiger partial charge >= 0.3 is 6.18 Å². The van der Waals surface area contributed by atoms with Crippen LogP contribution >= 0.6 is 0 Å². The molecule has 2 aromatic heterocycles. The van der Waals surface area contributed by atoms with Gasteiger partial charge in [0.1, 0.15) is 11.6 Å². The molecular weight excluding hydrogens is 349 g/mol. The second-order valence-electron chi connectivity index (χ2n) is 6.02. The lowest BCUT2D eigenvalue weighted by Gasteiger charge is -2.02.